The molecule has 0 spiro atoms. The molecule has 1 aromatic carbocycles. The minimum atomic E-state index is -4.61. The highest BCUT2D eigenvalue weighted by Gasteiger charge is 2.31. The van der Waals surface area contributed by atoms with E-state index in [9.17, 15) is 22.4 Å². The van der Waals surface area contributed by atoms with Crippen LogP contribution in [-0.4, -0.2) is 18.2 Å². The van der Waals surface area contributed by atoms with Crippen LogP contribution in [0.2, 0.25) is 0 Å². The third kappa shape index (κ3) is 8.25. The van der Waals surface area contributed by atoms with Crippen molar-refractivity contribution in [1.29, 1.82) is 0 Å². The molecule has 0 atom stereocenters. The maximum atomic E-state index is 13.4. The number of amides is 1. The van der Waals surface area contributed by atoms with Crippen molar-refractivity contribution in [2.45, 2.75) is 45.4 Å². The standard InChI is InChI=1S/C17H20ClF4NO2/c1-16(2,3)25-15(24)23-10-12(9-18)5-4-11-6-13(17(20,21)22)8-14(19)7-11/h6-9H,4-5,10H2,1-3H3,(H,23,24)/b12-9-. The summed E-state index contributed by atoms with van der Waals surface area (Å²) in [5, 5.41) is 2.51. The lowest BCUT2D eigenvalue weighted by Crippen LogP contribution is -2.33. The fourth-order valence-electron chi connectivity index (χ4n) is 1.94. The third-order valence-electron chi connectivity index (χ3n) is 3.03. The first-order valence-corrected chi connectivity index (χ1v) is 7.96. The van der Waals surface area contributed by atoms with Crippen LogP contribution in [0.1, 0.15) is 38.3 Å². The van der Waals surface area contributed by atoms with E-state index < -0.39 is 29.3 Å². The van der Waals surface area contributed by atoms with Gasteiger partial charge in [0.1, 0.15) is 11.4 Å². The second-order valence-electron chi connectivity index (χ2n) is 6.47. The fraction of sp³-hybridized carbons (Fsp3) is 0.471. The summed E-state index contributed by atoms with van der Waals surface area (Å²) in [6, 6.07) is 2.39. The predicted molar refractivity (Wildman–Crippen MR) is 87.9 cm³/mol. The van der Waals surface area contributed by atoms with E-state index in [2.05, 4.69) is 5.32 Å². The van der Waals surface area contributed by atoms with Gasteiger partial charge in [-0.05, 0) is 62.9 Å². The molecule has 140 valence electrons. The molecule has 0 saturated carbocycles. The number of alkyl carbamates (subject to hydrolysis) is 1. The molecule has 1 aromatic rings. The van der Waals surface area contributed by atoms with Gasteiger partial charge in [-0.2, -0.15) is 13.2 Å². The summed E-state index contributed by atoms with van der Waals surface area (Å²) >= 11 is 5.68. The van der Waals surface area contributed by atoms with Crippen molar-refractivity contribution in [2.75, 3.05) is 6.54 Å². The lowest BCUT2D eigenvalue weighted by molar-refractivity contribution is -0.137. The Hall–Kier alpha value is -1.76. The second kappa shape index (κ2) is 8.56. The smallest absolute Gasteiger partial charge is 0.416 e. The highest BCUT2D eigenvalue weighted by molar-refractivity contribution is 6.25. The molecule has 1 rings (SSSR count). The van der Waals surface area contributed by atoms with E-state index in [0.29, 0.717) is 11.6 Å². The average Bonchev–Trinajstić information content (AvgIpc) is 2.44. The maximum Gasteiger partial charge on any atom is 0.416 e. The number of carbonyl (C=O) groups is 1. The normalized spacial score (nSPS) is 12.9. The minimum absolute atomic E-state index is 0.0832. The van der Waals surface area contributed by atoms with E-state index in [1.807, 2.05) is 0 Å². The molecule has 25 heavy (non-hydrogen) atoms. The number of carbonyl (C=O) groups excluding carboxylic acids is 1. The van der Waals surface area contributed by atoms with Crippen molar-refractivity contribution >= 4 is 17.7 Å². The van der Waals surface area contributed by atoms with E-state index in [0.717, 1.165) is 12.1 Å². The molecule has 0 aliphatic heterocycles. The number of hydrogen-bond donors (Lipinski definition) is 1. The number of aryl methyl sites for hydroxylation is 1. The molecule has 0 aliphatic rings. The molecule has 0 aromatic heterocycles. The average molecular weight is 382 g/mol. The molecular weight excluding hydrogens is 362 g/mol. The Balaban J connectivity index is 2.64. The monoisotopic (exact) mass is 381 g/mol. The first kappa shape index (κ1) is 21.3. The Labute approximate surface area is 149 Å². The van der Waals surface area contributed by atoms with Crippen LogP contribution in [0.4, 0.5) is 22.4 Å². The molecule has 0 radical (unpaired) electrons. The zero-order valence-corrected chi connectivity index (χ0v) is 14.9. The highest BCUT2D eigenvalue weighted by Crippen LogP contribution is 2.30. The first-order valence-electron chi connectivity index (χ1n) is 7.52. The molecule has 0 saturated heterocycles. The van der Waals surface area contributed by atoms with Gasteiger partial charge < -0.3 is 10.1 Å². The van der Waals surface area contributed by atoms with Gasteiger partial charge in [-0.3, -0.25) is 0 Å². The van der Waals surface area contributed by atoms with Crippen molar-refractivity contribution in [3.63, 3.8) is 0 Å². The summed E-state index contributed by atoms with van der Waals surface area (Å²) in [4.78, 5) is 11.6. The minimum Gasteiger partial charge on any atom is -0.444 e. The van der Waals surface area contributed by atoms with Crippen LogP contribution in [0.5, 0.6) is 0 Å². The zero-order valence-electron chi connectivity index (χ0n) is 14.1. The number of alkyl halides is 3. The summed E-state index contributed by atoms with van der Waals surface area (Å²) in [7, 11) is 0. The molecular formula is C17H20ClF4NO2. The van der Waals surface area contributed by atoms with Gasteiger partial charge in [-0.25, -0.2) is 9.18 Å². The van der Waals surface area contributed by atoms with E-state index in [-0.39, 0.29) is 24.9 Å². The van der Waals surface area contributed by atoms with E-state index in [1.165, 1.54) is 5.54 Å². The van der Waals surface area contributed by atoms with Crippen LogP contribution in [0.15, 0.2) is 29.3 Å². The lowest BCUT2D eigenvalue weighted by atomic mass is 10.0. The number of benzene rings is 1. The summed E-state index contributed by atoms with van der Waals surface area (Å²) in [5.41, 5.74) is 0.322. The SMILES string of the molecule is CC(C)(C)OC(=O)NC/C(=C\Cl)CCc1cc(F)cc(C(F)(F)F)c1. The Bertz CT molecular complexity index is 637. The Morgan fingerprint density at radius 3 is 2.40 bits per heavy atom. The Morgan fingerprint density at radius 2 is 1.88 bits per heavy atom. The van der Waals surface area contributed by atoms with Crippen molar-refractivity contribution in [3.05, 3.63) is 46.3 Å². The summed E-state index contributed by atoms with van der Waals surface area (Å²) in [5.74, 6) is -0.951. The number of nitrogens with one attached hydrogen (secondary N) is 1. The topological polar surface area (TPSA) is 38.3 Å². The summed E-state index contributed by atoms with van der Waals surface area (Å²) in [6.07, 6.45) is -4.83. The van der Waals surface area contributed by atoms with Gasteiger partial charge in [0.15, 0.2) is 0 Å². The predicted octanol–water partition coefficient (Wildman–Crippen LogP) is 5.42. The molecule has 3 nitrogen and oxygen atoms in total. The van der Waals surface area contributed by atoms with E-state index in [4.69, 9.17) is 16.3 Å². The molecule has 0 fully saturated rings. The highest BCUT2D eigenvalue weighted by atomic mass is 35.5. The molecule has 0 heterocycles. The zero-order chi connectivity index (χ0) is 19.3. The van der Waals surface area contributed by atoms with Crippen molar-refractivity contribution in [1.82, 2.24) is 5.32 Å². The van der Waals surface area contributed by atoms with Gasteiger partial charge in [0.25, 0.3) is 0 Å². The van der Waals surface area contributed by atoms with E-state index >= 15 is 0 Å². The molecule has 1 N–H and O–H groups in total. The molecule has 0 aliphatic carbocycles. The third-order valence-corrected chi connectivity index (χ3v) is 3.34. The fourth-order valence-corrected chi connectivity index (χ4v) is 2.13. The van der Waals surface area contributed by atoms with Crippen molar-refractivity contribution < 1.29 is 27.1 Å². The van der Waals surface area contributed by atoms with Crippen LogP contribution in [0.3, 0.4) is 0 Å². The number of halogens is 5. The molecule has 8 heteroatoms. The van der Waals surface area contributed by atoms with Gasteiger partial charge in [0.2, 0.25) is 0 Å². The first-order chi connectivity index (χ1) is 11.4. The van der Waals surface area contributed by atoms with E-state index in [1.54, 1.807) is 20.8 Å². The second-order valence-corrected chi connectivity index (χ2v) is 6.69. The number of ether oxygens (including phenoxy) is 1. The lowest BCUT2D eigenvalue weighted by Gasteiger charge is -2.20. The van der Waals surface area contributed by atoms with Crippen LogP contribution in [0, 0.1) is 5.82 Å². The summed E-state index contributed by atoms with van der Waals surface area (Å²) < 4.78 is 56.5. The van der Waals surface area contributed by atoms with Gasteiger partial charge in [-0.1, -0.05) is 11.6 Å². The van der Waals surface area contributed by atoms with Crippen LogP contribution >= 0.6 is 11.6 Å². The Morgan fingerprint density at radius 1 is 1.24 bits per heavy atom. The molecule has 0 unspecified atom stereocenters. The van der Waals surface area contributed by atoms with Gasteiger partial charge in [0, 0.05) is 12.1 Å². The number of rotatable bonds is 5. The summed E-state index contributed by atoms with van der Waals surface area (Å²) in [6.45, 7) is 5.23. The van der Waals surface area contributed by atoms with Crippen molar-refractivity contribution in [3.8, 4) is 0 Å². The van der Waals surface area contributed by atoms with Crippen LogP contribution < -0.4 is 5.32 Å². The Kier molecular flexibility index (Phi) is 7.29. The van der Waals surface area contributed by atoms with Crippen LogP contribution in [0.25, 0.3) is 0 Å². The van der Waals surface area contributed by atoms with Gasteiger partial charge in [-0.15, -0.1) is 0 Å². The van der Waals surface area contributed by atoms with Gasteiger partial charge in [0.05, 0.1) is 5.56 Å². The van der Waals surface area contributed by atoms with Crippen LogP contribution in [-0.2, 0) is 17.3 Å². The maximum absolute atomic E-state index is 13.4. The largest absolute Gasteiger partial charge is 0.444 e. The van der Waals surface area contributed by atoms with Gasteiger partial charge >= 0.3 is 12.3 Å². The molecule has 1 amide bonds. The molecule has 0 bridgehead atoms. The quantitative estimate of drug-likeness (QED) is 0.691. The number of hydrogen-bond acceptors (Lipinski definition) is 2. The van der Waals surface area contributed by atoms with Crippen molar-refractivity contribution in [2.24, 2.45) is 0 Å².